The number of aromatic nitrogens is 2. The second kappa shape index (κ2) is 5.32. The minimum absolute atomic E-state index is 0.201. The van der Waals surface area contributed by atoms with E-state index in [0.29, 0.717) is 12.4 Å². The minimum atomic E-state index is -2.54. The maximum absolute atomic E-state index is 13.7. The highest BCUT2D eigenvalue weighted by Gasteiger charge is 2.46. The molecule has 0 aromatic carbocycles. The molecule has 108 valence electrons. The van der Waals surface area contributed by atoms with Gasteiger partial charge >= 0.3 is 0 Å². The van der Waals surface area contributed by atoms with E-state index < -0.39 is 12.0 Å². The normalized spacial score (nSPS) is 30.1. The molecule has 0 aliphatic carbocycles. The summed E-state index contributed by atoms with van der Waals surface area (Å²) in [4.78, 5) is 8.05. The van der Waals surface area contributed by atoms with Crippen LogP contribution in [-0.2, 0) is 0 Å². The highest BCUT2D eigenvalue weighted by atomic mass is 19.3. The third kappa shape index (κ3) is 2.22. The first-order valence-corrected chi connectivity index (χ1v) is 6.72. The smallest absolute Gasteiger partial charge is 0.267 e. The Labute approximate surface area is 115 Å². The van der Waals surface area contributed by atoms with Crippen LogP contribution in [-0.4, -0.2) is 40.9 Å². The average molecular weight is 281 g/mol. The van der Waals surface area contributed by atoms with Crippen molar-refractivity contribution in [3.8, 4) is 0 Å². The van der Waals surface area contributed by atoms with E-state index >= 15 is 0 Å². The zero-order valence-electron chi connectivity index (χ0n) is 11.0. The lowest BCUT2D eigenvalue weighted by Crippen LogP contribution is -2.50. The first-order chi connectivity index (χ1) is 9.72. The Hall–Kier alpha value is -1.76. The van der Waals surface area contributed by atoms with Crippen molar-refractivity contribution < 1.29 is 8.78 Å². The molecule has 2 unspecified atom stereocenters. The lowest BCUT2D eigenvalue weighted by molar-refractivity contribution is 0.0395. The molecule has 2 N–H and O–H groups in total. The lowest BCUT2D eigenvalue weighted by atomic mass is 9.79. The molecule has 1 fully saturated rings. The van der Waals surface area contributed by atoms with Crippen molar-refractivity contribution in [1.29, 1.82) is 0 Å². The quantitative estimate of drug-likeness (QED) is 0.878. The summed E-state index contributed by atoms with van der Waals surface area (Å²) in [6, 6.07) is 0. The summed E-state index contributed by atoms with van der Waals surface area (Å²) < 4.78 is 29.2. The summed E-state index contributed by atoms with van der Waals surface area (Å²) in [6.45, 7) is 1.45. The largest absolute Gasteiger partial charge is 0.333 e. The Morgan fingerprint density at radius 3 is 3.00 bits per heavy atom. The molecule has 0 amide bonds. The van der Waals surface area contributed by atoms with E-state index in [0.717, 1.165) is 19.4 Å². The molecule has 1 aromatic heterocycles. The van der Waals surface area contributed by atoms with Crippen LogP contribution in [0.3, 0.4) is 0 Å². The van der Waals surface area contributed by atoms with E-state index in [1.165, 1.54) is 12.4 Å². The molecule has 0 spiro atoms. The second-order valence-corrected chi connectivity index (χ2v) is 5.13. The van der Waals surface area contributed by atoms with Crippen LogP contribution in [0.25, 0.3) is 5.82 Å². The molecule has 2 aliphatic heterocycles. The minimum Gasteiger partial charge on any atom is -0.333 e. The van der Waals surface area contributed by atoms with Gasteiger partial charge in [0, 0.05) is 24.9 Å². The molecule has 5 nitrogen and oxygen atoms in total. The average Bonchev–Trinajstić information content (AvgIpc) is 3.02. The number of hydrogen-bond donors (Lipinski definition) is 2. The fourth-order valence-corrected chi connectivity index (χ4v) is 2.83. The number of hydrogen-bond acceptors (Lipinski definition) is 4. The van der Waals surface area contributed by atoms with Gasteiger partial charge in [-0.2, -0.15) is 0 Å². The summed E-state index contributed by atoms with van der Waals surface area (Å²) in [7, 11) is 0. The number of rotatable bonds is 3. The molecule has 2 aliphatic rings. The predicted molar refractivity (Wildman–Crippen MR) is 72.5 cm³/mol. The molecule has 3 rings (SSSR count). The number of aliphatic imine (C=N–C) groups is 1. The molecule has 0 radical (unpaired) electrons. The topological polar surface area (TPSA) is 54.2 Å². The molecule has 1 aromatic rings. The Balaban J connectivity index is 1.96. The van der Waals surface area contributed by atoms with Crippen LogP contribution in [0.5, 0.6) is 0 Å². The molecular weight excluding hydrogens is 264 g/mol. The standard InChI is InChI=1S/C13H17F2N5/c14-12(15)13(10-2-1-3-16-7-10)6-11(18-8-19-13)20-5-4-17-9-20/h4-6,8-10,12,16H,1-3,7H2,(H,18,19). The number of piperidine rings is 1. The van der Waals surface area contributed by atoms with Crippen molar-refractivity contribution in [3.05, 3.63) is 24.8 Å². The van der Waals surface area contributed by atoms with Gasteiger partial charge in [0.1, 0.15) is 17.7 Å². The van der Waals surface area contributed by atoms with Crippen molar-refractivity contribution in [2.75, 3.05) is 13.1 Å². The van der Waals surface area contributed by atoms with E-state index in [4.69, 9.17) is 0 Å². The first kappa shape index (κ1) is 13.2. The highest BCUT2D eigenvalue weighted by Crippen LogP contribution is 2.37. The Kier molecular flexibility index (Phi) is 3.52. The summed E-state index contributed by atoms with van der Waals surface area (Å²) in [5.74, 6) is 0.372. The van der Waals surface area contributed by atoms with E-state index in [1.807, 2.05) is 0 Å². The summed E-state index contributed by atoms with van der Waals surface area (Å²) in [5.41, 5.74) is -1.46. The third-order valence-electron chi connectivity index (χ3n) is 3.95. The van der Waals surface area contributed by atoms with Crippen molar-refractivity contribution in [2.24, 2.45) is 10.9 Å². The van der Waals surface area contributed by atoms with E-state index in [1.54, 1.807) is 23.3 Å². The number of nitrogens with zero attached hydrogens (tertiary/aromatic N) is 3. The van der Waals surface area contributed by atoms with E-state index in [-0.39, 0.29) is 5.92 Å². The van der Waals surface area contributed by atoms with Crippen LogP contribution in [0.2, 0.25) is 0 Å². The molecule has 20 heavy (non-hydrogen) atoms. The van der Waals surface area contributed by atoms with Crippen LogP contribution in [0.15, 0.2) is 29.8 Å². The van der Waals surface area contributed by atoms with Crippen LogP contribution >= 0.6 is 0 Å². The molecule has 0 bridgehead atoms. The fourth-order valence-electron chi connectivity index (χ4n) is 2.83. The molecule has 7 heteroatoms. The molecule has 2 atom stereocenters. The maximum atomic E-state index is 13.7. The lowest BCUT2D eigenvalue weighted by Gasteiger charge is -2.39. The first-order valence-electron chi connectivity index (χ1n) is 6.72. The summed E-state index contributed by atoms with van der Waals surface area (Å²) in [6.07, 6.45) is 6.93. The monoisotopic (exact) mass is 281 g/mol. The molecule has 1 saturated heterocycles. The summed E-state index contributed by atoms with van der Waals surface area (Å²) >= 11 is 0. The van der Waals surface area contributed by atoms with Crippen LogP contribution in [0.4, 0.5) is 8.78 Å². The Bertz CT molecular complexity index is 505. The van der Waals surface area contributed by atoms with E-state index in [2.05, 4.69) is 20.6 Å². The van der Waals surface area contributed by atoms with Crippen LogP contribution < -0.4 is 10.6 Å². The van der Waals surface area contributed by atoms with Crippen LogP contribution in [0.1, 0.15) is 12.8 Å². The Morgan fingerprint density at radius 1 is 1.45 bits per heavy atom. The van der Waals surface area contributed by atoms with Gasteiger partial charge in [-0.15, -0.1) is 0 Å². The van der Waals surface area contributed by atoms with Gasteiger partial charge in [0.2, 0.25) is 0 Å². The van der Waals surface area contributed by atoms with Gasteiger partial charge in [0.25, 0.3) is 6.43 Å². The van der Waals surface area contributed by atoms with Crippen molar-refractivity contribution >= 4 is 12.2 Å². The SMILES string of the molecule is FC(F)C1(C2CCCNC2)C=C(n2ccnc2)NC=N1. The number of imidazole rings is 1. The van der Waals surface area contributed by atoms with Gasteiger partial charge in [0.05, 0.1) is 6.34 Å². The Morgan fingerprint density at radius 2 is 2.35 bits per heavy atom. The zero-order valence-corrected chi connectivity index (χ0v) is 11.0. The molecule has 0 saturated carbocycles. The number of alkyl halides is 2. The van der Waals surface area contributed by atoms with Crippen molar-refractivity contribution in [3.63, 3.8) is 0 Å². The van der Waals surface area contributed by atoms with Crippen molar-refractivity contribution in [2.45, 2.75) is 24.8 Å². The zero-order chi connectivity index (χ0) is 14.0. The second-order valence-electron chi connectivity index (χ2n) is 5.13. The van der Waals surface area contributed by atoms with Gasteiger partial charge in [0.15, 0.2) is 0 Å². The van der Waals surface area contributed by atoms with Gasteiger partial charge in [-0.1, -0.05) is 0 Å². The van der Waals surface area contributed by atoms with Crippen molar-refractivity contribution in [1.82, 2.24) is 20.2 Å². The van der Waals surface area contributed by atoms with Gasteiger partial charge in [-0.3, -0.25) is 9.56 Å². The van der Waals surface area contributed by atoms with E-state index in [9.17, 15) is 8.78 Å². The number of nitrogens with one attached hydrogen (secondary N) is 2. The van der Waals surface area contributed by atoms with Crippen LogP contribution in [0, 0.1) is 5.92 Å². The highest BCUT2D eigenvalue weighted by molar-refractivity contribution is 5.71. The molecule has 3 heterocycles. The maximum Gasteiger partial charge on any atom is 0.267 e. The third-order valence-corrected chi connectivity index (χ3v) is 3.95. The molecular formula is C13H17F2N5. The van der Waals surface area contributed by atoms with Gasteiger partial charge in [-0.25, -0.2) is 13.8 Å². The number of halogens is 2. The van der Waals surface area contributed by atoms with Gasteiger partial charge < -0.3 is 10.6 Å². The van der Waals surface area contributed by atoms with Gasteiger partial charge in [-0.05, 0) is 25.5 Å². The fraction of sp³-hybridized carbons (Fsp3) is 0.538. The predicted octanol–water partition coefficient (Wildman–Crippen LogP) is 1.32. The summed E-state index contributed by atoms with van der Waals surface area (Å²) in [5, 5.41) is 6.09.